The molecule has 2 fully saturated rings. The van der Waals surface area contributed by atoms with Gasteiger partial charge in [0.2, 0.25) is 0 Å². The smallest absolute Gasteiger partial charge is 0.282 e. The van der Waals surface area contributed by atoms with Gasteiger partial charge in [0.15, 0.2) is 0 Å². The third-order valence-electron chi connectivity index (χ3n) is 4.39. The van der Waals surface area contributed by atoms with Crippen molar-refractivity contribution < 1.29 is 4.92 Å². The number of hydrogen-bond acceptors (Lipinski definition) is 4. The fourth-order valence-electron chi connectivity index (χ4n) is 3.33. The van der Waals surface area contributed by atoms with Crippen molar-refractivity contribution in [2.75, 3.05) is 24.5 Å². The first-order valence-electron chi connectivity index (χ1n) is 6.49. The molecular formula is C13H16IN3O2. The normalized spacial score (nSPS) is 29.6. The lowest BCUT2D eigenvalue weighted by Gasteiger charge is -2.26. The zero-order valence-electron chi connectivity index (χ0n) is 10.7. The summed E-state index contributed by atoms with van der Waals surface area (Å²) in [6.07, 6.45) is 0. The Morgan fingerprint density at radius 1 is 1.47 bits per heavy atom. The van der Waals surface area contributed by atoms with E-state index >= 15 is 0 Å². The zero-order valence-corrected chi connectivity index (χ0v) is 12.8. The molecule has 0 amide bonds. The number of nitrogens with one attached hydrogen (secondary N) is 1. The Kier molecular flexibility index (Phi) is 3.38. The first-order chi connectivity index (χ1) is 9.08. The van der Waals surface area contributed by atoms with Crippen molar-refractivity contribution >= 4 is 34.0 Å². The molecule has 2 aliphatic heterocycles. The number of rotatable bonds is 2. The summed E-state index contributed by atoms with van der Waals surface area (Å²) < 4.78 is 0.711. The van der Waals surface area contributed by atoms with Gasteiger partial charge in [0.1, 0.15) is 0 Å². The molecule has 0 spiro atoms. The standard InChI is InChI=1S/C13H16IN3O2/c1-8-11-6-15-5-9(11)7-16(8)10-2-3-13(17(18)19)12(14)4-10/h2-4,8-9,11,15H,5-7H2,1H3. The molecule has 0 bridgehead atoms. The molecule has 0 saturated carbocycles. The molecule has 2 saturated heterocycles. The van der Waals surface area contributed by atoms with Gasteiger partial charge in [-0.3, -0.25) is 10.1 Å². The molecule has 1 N–H and O–H groups in total. The van der Waals surface area contributed by atoms with Gasteiger partial charge < -0.3 is 10.2 Å². The molecule has 6 heteroatoms. The SMILES string of the molecule is CC1C2CNCC2CN1c1ccc([N+](=O)[O-])c(I)c1. The number of fused-ring (bicyclic) bond motifs is 1. The Bertz CT molecular complexity index is 523. The monoisotopic (exact) mass is 373 g/mol. The summed E-state index contributed by atoms with van der Waals surface area (Å²) in [6.45, 7) is 5.49. The van der Waals surface area contributed by atoms with Crippen LogP contribution in [0.15, 0.2) is 18.2 Å². The van der Waals surface area contributed by atoms with Crippen LogP contribution in [0, 0.1) is 25.5 Å². The maximum absolute atomic E-state index is 10.9. The van der Waals surface area contributed by atoms with E-state index in [9.17, 15) is 10.1 Å². The van der Waals surface area contributed by atoms with Gasteiger partial charge in [-0.05, 0) is 53.5 Å². The van der Waals surface area contributed by atoms with Gasteiger partial charge in [0, 0.05) is 37.4 Å². The van der Waals surface area contributed by atoms with Gasteiger partial charge in [-0.15, -0.1) is 0 Å². The second-order valence-electron chi connectivity index (χ2n) is 5.37. The Labute approximate surface area is 125 Å². The summed E-state index contributed by atoms with van der Waals surface area (Å²) in [5.41, 5.74) is 1.30. The van der Waals surface area contributed by atoms with Gasteiger partial charge in [-0.2, -0.15) is 0 Å². The van der Waals surface area contributed by atoms with Crippen molar-refractivity contribution in [3.8, 4) is 0 Å². The molecule has 0 aromatic heterocycles. The van der Waals surface area contributed by atoms with Gasteiger partial charge in [0.25, 0.3) is 5.69 Å². The van der Waals surface area contributed by atoms with Crippen molar-refractivity contribution in [3.05, 3.63) is 31.9 Å². The second-order valence-corrected chi connectivity index (χ2v) is 6.53. The van der Waals surface area contributed by atoms with Crippen LogP contribution in [0.5, 0.6) is 0 Å². The van der Waals surface area contributed by atoms with Crippen LogP contribution in [0.3, 0.4) is 0 Å². The number of benzene rings is 1. The first-order valence-corrected chi connectivity index (χ1v) is 7.57. The molecule has 2 heterocycles. The molecule has 1 aromatic carbocycles. The van der Waals surface area contributed by atoms with Crippen molar-refractivity contribution in [2.45, 2.75) is 13.0 Å². The zero-order chi connectivity index (χ0) is 13.6. The van der Waals surface area contributed by atoms with E-state index in [1.807, 2.05) is 34.7 Å². The van der Waals surface area contributed by atoms with Gasteiger partial charge in [-0.1, -0.05) is 0 Å². The third kappa shape index (κ3) is 2.20. The molecule has 2 aliphatic rings. The van der Waals surface area contributed by atoms with Crippen molar-refractivity contribution in [3.63, 3.8) is 0 Å². The molecular weight excluding hydrogens is 357 g/mol. The average Bonchev–Trinajstić information content (AvgIpc) is 2.92. The topological polar surface area (TPSA) is 58.4 Å². The predicted octanol–water partition coefficient (Wildman–Crippen LogP) is 2.24. The molecule has 1 aromatic rings. The summed E-state index contributed by atoms with van der Waals surface area (Å²) in [5.74, 6) is 1.41. The number of hydrogen-bond donors (Lipinski definition) is 1. The van der Waals surface area contributed by atoms with Crippen LogP contribution in [0.2, 0.25) is 0 Å². The van der Waals surface area contributed by atoms with E-state index in [4.69, 9.17) is 0 Å². The number of nitrogens with zero attached hydrogens (tertiary/aromatic N) is 2. The molecule has 3 rings (SSSR count). The largest absolute Gasteiger partial charge is 0.368 e. The minimum Gasteiger partial charge on any atom is -0.368 e. The number of nitro groups is 1. The molecule has 102 valence electrons. The van der Waals surface area contributed by atoms with E-state index < -0.39 is 0 Å². The fraction of sp³-hybridized carbons (Fsp3) is 0.538. The number of anilines is 1. The van der Waals surface area contributed by atoms with E-state index in [0.29, 0.717) is 21.4 Å². The maximum Gasteiger partial charge on any atom is 0.282 e. The lowest BCUT2D eigenvalue weighted by molar-refractivity contribution is -0.385. The Morgan fingerprint density at radius 2 is 2.26 bits per heavy atom. The highest BCUT2D eigenvalue weighted by atomic mass is 127. The Hall–Kier alpha value is -0.890. The van der Waals surface area contributed by atoms with Gasteiger partial charge in [0.05, 0.1) is 8.49 Å². The second kappa shape index (κ2) is 4.90. The van der Waals surface area contributed by atoms with Gasteiger partial charge in [-0.25, -0.2) is 0 Å². The van der Waals surface area contributed by atoms with E-state index in [-0.39, 0.29) is 10.6 Å². The van der Waals surface area contributed by atoms with Crippen molar-refractivity contribution in [2.24, 2.45) is 11.8 Å². The molecule has 0 radical (unpaired) electrons. The van der Waals surface area contributed by atoms with Crippen LogP contribution >= 0.6 is 22.6 Å². The van der Waals surface area contributed by atoms with Crippen LogP contribution in [-0.2, 0) is 0 Å². The summed E-state index contributed by atoms with van der Waals surface area (Å²) in [7, 11) is 0. The minimum absolute atomic E-state index is 0.193. The van der Waals surface area contributed by atoms with E-state index in [0.717, 1.165) is 25.3 Å². The van der Waals surface area contributed by atoms with E-state index in [1.165, 1.54) is 0 Å². The molecule has 3 unspecified atom stereocenters. The lowest BCUT2D eigenvalue weighted by Crippen LogP contribution is -2.33. The first kappa shape index (κ1) is 13.1. The predicted molar refractivity (Wildman–Crippen MR) is 82.5 cm³/mol. The van der Waals surface area contributed by atoms with Crippen molar-refractivity contribution in [1.82, 2.24) is 5.32 Å². The highest BCUT2D eigenvalue weighted by Gasteiger charge is 2.41. The Balaban J connectivity index is 1.87. The van der Waals surface area contributed by atoms with Crippen LogP contribution in [0.1, 0.15) is 6.92 Å². The maximum atomic E-state index is 10.9. The molecule has 19 heavy (non-hydrogen) atoms. The highest BCUT2D eigenvalue weighted by Crippen LogP contribution is 2.37. The summed E-state index contributed by atoms with van der Waals surface area (Å²) >= 11 is 2.05. The van der Waals surface area contributed by atoms with E-state index in [2.05, 4.69) is 17.1 Å². The summed E-state index contributed by atoms with van der Waals surface area (Å²) in [4.78, 5) is 12.9. The Morgan fingerprint density at radius 3 is 2.89 bits per heavy atom. The number of nitro benzene ring substituents is 1. The number of halogens is 1. The summed E-state index contributed by atoms with van der Waals surface area (Å²) in [6, 6.07) is 5.93. The van der Waals surface area contributed by atoms with Crippen molar-refractivity contribution in [1.29, 1.82) is 0 Å². The molecule has 3 atom stereocenters. The molecule has 5 nitrogen and oxygen atoms in total. The lowest BCUT2D eigenvalue weighted by atomic mass is 9.95. The third-order valence-corrected chi connectivity index (χ3v) is 5.26. The van der Waals surface area contributed by atoms with Crippen LogP contribution < -0.4 is 10.2 Å². The van der Waals surface area contributed by atoms with E-state index in [1.54, 1.807) is 6.07 Å². The minimum atomic E-state index is -0.322. The van der Waals surface area contributed by atoms with Crippen LogP contribution in [-0.4, -0.2) is 30.6 Å². The average molecular weight is 373 g/mol. The van der Waals surface area contributed by atoms with Crippen LogP contribution in [0.25, 0.3) is 0 Å². The highest BCUT2D eigenvalue weighted by molar-refractivity contribution is 14.1. The van der Waals surface area contributed by atoms with Crippen LogP contribution in [0.4, 0.5) is 11.4 Å². The fourth-order valence-corrected chi connectivity index (χ4v) is 4.03. The summed E-state index contributed by atoms with van der Waals surface area (Å²) in [5, 5.41) is 14.3. The molecule has 0 aliphatic carbocycles. The quantitative estimate of drug-likeness (QED) is 0.491. The van der Waals surface area contributed by atoms with Gasteiger partial charge >= 0.3 is 0 Å².